The zero-order valence-electron chi connectivity index (χ0n) is 18.1. The van der Waals surface area contributed by atoms with Crippen LogP contribution in [0.1, 0.15) is 46.0 Å². The van der Waals surface area contributed by atoms with Gasteiger partial charge in [-0.15, -0.1) is 11.3 Å². The Balaban J connectivity index is 1.47. The van der Waals surface area contributed by atoms with Crippen molar-refractivity contribution in [2.24, 2.45) is 0 Å². The van der Waals surface area contributed by atoms with Crippen LogP contribution in [0.4, 0.5) is 0 Å². The SMILES string of the molecule is Cc1ccc(OCCCn2c(C(C)NC(=O)c3cccs3)nc3ccccc32)c(C)c1. The molecule has 1 N–H and O–H groups in total. The highest BCUT2D eigenvalue weighted by Crippen LogP contribution is 2.23. The molecule has 1 unspecified atom stereocenters. The minimum Gasteiger partial charge on any atom is -0.493 e. The van der Waals surface area contributed by atoms with Gasteiger partial charge < -0.3 is 14.6 Å². The van der Waals surface area contributed by atoms with Gasteiger partial charge in [0.25, 0.3) is 5.91 Å². The van der Waals surface area contributed by atoms with Crippen molar-refractivity contribution in [2.45, 2.75) is 39.8 Å². The predicted molar refractivity (Wildman–Crippen MR) is 126 cm³/mol. The van der Waals surface area contributed by atoms with Crippen molar-refractivity contribution in [1.29, 1.82) is 0 Å². The van der Waals surface area contributed by atoms with Crippen molar-refractivity contribution in [3.63, 3.8) is 0 Å². The van der Waals surface area contributed by atoms with Crippen LogP contribution in [0.15, 0.2) is 60.0 Å². The number of nitrogens with one attached hydrogen (secondary N) is 1. The Morgan fingerprint density at radius 1 is 1.16 bits per heavy atom. The third kappa shape index (κ3) is 4.80. The normalized spacial score (nSPS) is 12.1. The van der Waals surface area contributed by atoms with E-state index in [1.165, 1.54) is 16.9 Å². The minimum atomic E-state index is -0.206. The summed E-state index contributed by atoms with van der Waals surface area (Å²) in [5.41, 5.74) is 4.39. The molecular formula is C25H27N3O2S. The first-order valence-corrected chi connectivity index (χ1v) is 11.4. The molecule has 0 bridgehead atoms. The average Bonchev–Trinajstić information content (AvgIpc) is 3.41. The smallest absolute Gasteiger partial charge is 0.261 e. The molecule has 160 valence electrons. The summed E-state index contributed by atoms with van der Waals surface area (Å²) in [6.45, 7) is 7.52. The zero-order chi connectivity index (χ0) is 21.8. The van der Waals surface area contributed by atoms with Crippen molar-refractivity contribution in [3.8, 4) is 5.75 Å². The number of fused-ring (bicyclic) bond motifs is 1. The second-order valence-corrected chi connectivity index (χ2v) is 8.70. The molecule has 2 aromatic heterocycles. The van der Waals surface area contributed by atoms with E-state index in [0.717, 1.165) is 41.1 Å². The first-order chi connectivity index (χ1) is 15.0. The van der Waals surface area contributed by atoms with E-state index in [9.17, 15) is 4.79 Å². The highest BCUT2D eigenvalue weighted by Gasteiger charge is 2.19. The fourth-order valence-electron chi connectivity index (χ4n) is 3.77. The van der Waals surface area contributed by atoms with Gasteiger partial charge in [0, 0.05) is 6.54 Å². The number of rotatable bonds is 8. The number of amides is 1. The molecule has 6 heteroatoms. The molecule has 0 fully saturated rings. The summed E-state index contributed by atoms with van der Waals surface area (Å²) in [6, 6.07) is 17.8. The number of carbonyl (C=O) groups is 1. The second-order valence-electron chi connectivity index (χ2n) is 7.75. The maximum absolute atomic E-state index is 12.5. The quantitative estimate of drug-likeness (QED) is 0.364. The Hall–Kier alpha value is -3.12. The van der Waals surface area contributed by atoms with Crippen LogP contribution in [0.2, 0.25) is 0 Å². The number of ether oxygens (including phenoxy) is 1. The summed E-state index contributed by atoms with van der Waals surface area (Å²) in [7, 11) is 0. The average molecular weight is 434 g/mol. The topological polar surface area (TPSA) is 56.1 Å². The maximum atomic E-state index is 12.5. The molecule has 2 heterocycles. The lowest BCUT2D eigenvalue weighted by Gasteiger charge is -2.16. The standard InChI is InChI=1S/C25H27N3O2S/c1-17-11-12-22(18(2)16-17)30-14-7-13-28-21-9-5-4-8-20(21)27-24(28)19(3)26-25(29)23-10-6-15-31-23/h4-6,8-12,15-16,19H,7,13-14H2,1-3H3,(H,26,29). The number of para-hydroxylation sites is 2. The summed E-state index contributed by atoms with van der Waals surface area (Å²) in [5.74, 6) is 1.72. The van der Waals surface area contributed by atoms with Crippen LogP contribution >= 0.6 is 11.3 Å². The third-order valence-corrected chi connectivity index (χ3v) is 6.15. The maximum Gasteiger partial charge on any atom is 0.261 e. The van der Waals surface area contributed by atoms with E-state index in [-0.39, 0.29) is 11.9 Å². The van der Waals surface area contributed by atoms with Crippen molar-refractivity contribution < 1.29 is 9.53 Å². The van der Waals surface area contributed by atoms with Crippen molar-refractivity contribution in [1.82, 2.24) is 14.9 Å². The Morgan fingerprint density at radius 2 is 2.00 bits per heavy atom. The number of aromatic nitrogens is 2. The third-order valence-electron chi connectivity index (χ3n) is 5.28. The van der Waals surface area contributed by atoms with Crippen LogP contribution in [0.25, 0.3) is 11.0 Å². The molecule has 1 atom stereocenters. The van der Waals surface area contributed by atoms with E-state index in [1.54, 1.807) is 0 Å². The molecule has 0 saturated carbocycles. The van der Waals surface area contributed by atoms with Gasteiger partial charge in [0.2, 0.25) is 0 Å². The Morgan fingerprint density at radius 3 is 2.77 bits per heavy atom. The monoisotopic (exact) mass is 433 g/mol. The number of imidazole rings is 1. The van der Waals surface area contributed by atoms with Gasteiger partial charge in [-0.05, 0) is 62.4 Å². The van der Waals surface area contributed by atoms with Crippen LogP contribution in [0.5, 0.6) is 5.75 Å². The lowest BCUT2D eigenvalue weighted by atomic mass is 10.1. The Bertz CT molecular complexity index is 1180. The lowest BCUT2D eigenvalue weighted by Crippen LogP contribution is -2.28. The largest absolute Gasteiger partial charge is 0.493 e. The van der Waals surface area contributed by atoms with E-state index in [0.29, 0.717) is 11.5 Å². The Labute approximate surface area is 186 Å². The number of carbonyl (C=O) groups excluding carboxylic acids is 1. The molecule has 4 aromatic rings. The van der Waals surface area contributed by atoms with E-state index in [2.05, 4.69) is 41.9 Å². The number of thiophene rings is 1. The minimum absolute atomic E-state index is 0.0701. The molecule has 31 heavy (non-hydrogen) atoms. The van der Waals surface area contributed by atoms with E-state index in [1.807, 2.05) is 48.7 Å². The van der Waals surface area contributed by atoms with Gasteiger partial charge in [0.15, 0.2) is 0 Å². The number of hydrogen-bond donors (Lipinski definition) is 1. The number of hydrogen-bond acceptors (Lipinski definition) is 4. The molecule has 0 radical (unpaired) electrons. The summed E-state index contributed by atoms with van der Waals surface area (Å²) >= 11 is 1.44. The molecule has 0 aliphatic heterocycles. The molecule has 5 nitrogen and oxygen atoms in total. The van der Waals surface area contributed by atoms with Crippen LogP contribution in [-0.4, -0.2) is 22.1 Å². The van der Waals surface area contributed by atoms with Gasteiger partial charge in [0.1, 0.15) is 11.6 Å². The van der Waals surface area contributed by atoms with Crippen molar-refractivity contribution in [3.05, 3.63) is 81.8 Å². The zero-order valence-corrected chi connectivity index (χ0v) is 18.9. The molecule has 0 spiro atoms. The van der Waals surface area contributed by atoms with Gasteiger partial charge in [-0.2, -0.15) is 0 Å². The highest BCUT2D eigenvalue weighted by molar-refractivity contribution is 7.12. The number of benzene rings is 2. The van der Waals surface area contributed by atoms with Crippen LogP contribution in [0, 0.1) is 13.8 Å². The summed E-state index contributed by atoms with van der Waals surface area (Å²) < 4.78 is 8.21. The van der Waals surface area contributed by atoms with E-state index in [4.69, 9.17) is 9.72 Å². The first kappa shape index (κ1) is 21.1. The first-order valence-electron chi connectivity index (χ1n) is 10.5. The lowest BCUT2D eigenvalue weighted by molar-refractivity contribution is 0.0941. The fraction of sp³-hybridized carbons (Fsp3) is 0.280. The van der Waals surface area contributed by atoms with Crippen molar-refractivity contribution in [2.75, 3.05) is 6.61 Å². The number of aryl methyl sites for hydroxylation is 3. The molecule has 4 rings (SSSR count). The predicted octanol–water partition coefficient (Wildman–Crippen LogP) is 5.67. The number of nitrogens with zero attached hydrogens (tertiary/aromatic N) is 2. The molecule has 0 aliphatic carbocycles. The second kappa shape index (κ2) is 9.35. The molecule has 1 amide bonds. The Kier molecular flexibility index (Phi) is 6.37. The van der Waals surface area contributed by atoms with E-state index < -0.39 is 0 Å². The van der Waals surface area contributed by atoms with Gasteiger partial charge in [0.05, 0.1) is 28.6 Å². The summed E-state index contributed by atoms with van der Waals surface area (Å²) in [4.78, 5) is 18.1. The van der Waals surface area contributed by atoms with Crippen LogP contribution in [-0.2, 0) is 6.54 Å². The fourth-order valence-corrected chi connectivity index (χ4v) is 4.39. The van der Waals surface area contributed by atoms with Gasteiger partial charge in [-0.3, -0.25) is 4.79 Å². The molecule has 0 saturated heterocycles. The summed E-state index contributed by atoms with van der Waals surface area (Å²) in [5, 5.41) is 4.99. The van der Waals surface area contributed by atoms with E-state index >= 15 is 0 Å². The van der Waals surface area contributed by atoms with Gasteiger partial charge in [-0.25, -0.2) is 4.98 Å². The molecular weight excluding hydrogens is 406 g/mol. The van der Waals surface area contributed by atoms with Crippen LogP contribution < -0.4 is 10.1 Å². The molecule has 0 aliphatic rings. The van der Waals surface area contributed by atoms with Crippen LogP contribution in [0.3, 0.4) is 0 Å². The van der Waals surface area contributed by atoms with Gasteiger partial charge >= 0.3 is 0 Å². The highest BCUT2D eigenvalue weighted by atomic mass is 32.1. The summed E-state index contributed by atoms with van der Waals surface area (Å²) in [6.07, 6.45) is 0.840. The van der Waals surface area contributed by atoms with Crippen molar-refractivity contribution >= 4 is 28.3 Å². The van der Waals surface area contributed by atoms with Gasteiger partial charge in [-0.1, -0.05) is 35.9 Å². The molecule has 2 aromatic carbocycles.